The summed E-state index contributed by atoms with van der Waals surface area (Å²) >= 11 is 0. The molecular weight excluding hydrogens is 280 g/mol. The predicted molar refractivity (Wildman–Crippen MR) is 74.8 cm³/mol. The Balaban J connectivity index is 1.84. The first-order chi connectivity index (χ1) is 9.50. The first-order valence-electron chi connectivity index (χ1n) is 6.80. The quantitative estimate of drug-likeness (QED) is 0.850. The highest BCUT2D eigenvalue weighted by Crippen LogP contribution is 2.17. The van der Waals surface area contributed by atoms with E-state index in [1.54, 1.807) is 6.07 Å². The summed E-state index contributed by atoms with van der Waals surface area (Å²) in [7, 11) is -0.513. The highest BCUT2D eigenvalue weighted by molar-refractivity contribution is 7.88. The molecule has 0 amide bonds. The molecule has 1 atom stereocenters. The lowest BCUT2D eigenvalue weighted by Gasteiger charge is -2.21. The number of hydrogen-bond acceptors (Lipinski definition) is 5. The minimum Gasteiger partial charge on any atom is -0.447 e. The van der Waals surface area contributed by atoms with Crippen molar-refractivity contribution in [3.05, 3.63) is 17.9 Å². The van der Waals surface area contributed by atoms with Crippen LogP contribution < -0.4 is 5.32 Å². The fourth-order valence-electron chi connectivity index (χ4n) is 2.14. The van der Waals surface area contributed by atoms with E-state index in [2.05, 4.69) is 5.32 Å². The third-order valence-corrected chi connectivity index (χ3v) is 5.05. The van der Waals surface area contributed by atoms with Crippen LogP contribution in [0.5, 0.6) is 0 Å². The maximum absolute atomic E-state index is 11.9. The van der Waals surface area contributed by atoms with E-state index in [0.717, 1.165) is 30.5 Å². The highest BCUT2D eigenvalue weighted by Gasteiger charge is 2.21. The van der Waals surface area contributed by atoms with Crippen molar-refractivity contribution >= 4 is 10.0 Å². The molecule has 7 heteroatoms. The van der Waals surface area contributed by atoms with Crippen molar-refractivity contribution in [1.82, 2.24) is 9.62 Å². The summed E-state index contributed by atoms with van der Waals surface area (Å²) in [4.78, 5) is 0. The van der Waals surface area contributed by atoms with Gasteiger partial charge in [-0.2, -0.15) is 0 Å². The molecule has 1 N–H and O–H groups in total. The third-order valence-electron chi connectivity index (χ3n) is 3.36. The van der Waals surface area contributed by atoms with Gasteiger partial charge < -0.3 is 14.5 Å². The number of rotatable bonds is 6. The molecule has 1 aliphatic rings. The molecule has 2 heterocycles. The number of furan rings is 1. The first kappa shape index (κ1) is 15.5. The summed E-state index contributed by atoms with van der Waals surface area (Å²) in [5.74, 6) is 1.16. The molecule has 20 heavy (non-hydrogen) atoms. The van der Waals surface area contributed by atoms with Gasteiger partial charge in [-0.1, -0.05) is 0 Å². The van der Waals surface area contributed by atoms with Gasteiger partial charge in [-0.15, -0.1) is 0 Å². The Morgan fingerprint density at radius 2 is 2.20 bits per heavy atom. The molecular formula is C13H22N2O4S. The Labute approximate surface area is 120 Å². The first-order valence-corrected chi connectivity index (χ1v) is 8.24. The van der Waals surface area contributed by atoms with Crippen LogP contribution in [0, 0.1) is 5.92 Å². The molecule has 0 spiro atoms. The van der Waals surface area contributed by atoms with Crippen LogP contribution in [-0.2, 0) is 21.3 Å². The summed E-state index contributed by atoms with van der Waals surface area (Å²) < 4.78 is 35.7. The largest absolute Gasteiger partial charge is 0.447 e. The Bertz CT molecular complexity index is 518. The summed E-state index contributed by atoms with van der Waals surface area (Å²) in [6, 6.07) is 3.19. The SMILES string of the molecule is CN(C)S(=O)(=O)c1ccc(CNCC2CCCOC2)o1. The van der Waals surface area contributed by atoms with Crippen LogP contribution in [0.3, 0.4) is 0 Å². The van der Waals surface area contributed by atoms with Gasteiger partial charge in [0, 0.05) is 27.2 Å². The van der Waals surface area contributed by atoms with Crippen molar-refractivity contribution in [1.29, 1.82) is 0 Å². The van der Waals surface area contributed by atoms with Crippen LogP contribution in [-0.4, -0.2) is 46.6 Å². The second-order valence-corrected chi connectivity index (χ2v) is 7.31. The van der Waals surface area contributed by atoms with E-state index in [1.165, 1.54) is 26.6 Å². The van der Waals surface area contributed by atoms with Gasteiger partial charge in [-0.25, -0.2) is 12.7 Å². The minimum atomic E-state index is -3.48. The molecule has 1 aliphatic heterocycles. The van der Waals surface area contributed by atoms with Gasteiger partial charge in [0.25, 0.3) is 10.0 Å². The third kappa shape index (κ3) is 3.82. The smallest absolute Gasteiger partial charge is 0.275 e. The molecule has 1 aromatic rings. The molecule has 2 rings (SSSR count). The molecule has 0 radical (unpaired) electrons. The number of nitrogens with one attached hydrogen (secondary N) is 1. The Morgan fingerprint density at radius 1 is 1.40 bits per heavy atom. The molecule has 114 valence electrons. The molecule has 1 fully saturated rings. The maximum Gasteiger partial charge on any atom is 0.275 e. The molecule has 1 unspecified atom stereocenters. The van der Waals surface area contributed by atoms with Crippen LogP contribution in [0.4, 0.5) is 0 Å². The number of nitrogens with zero attached hydrogens (tertiary/aromatic N) is 1. The van der Waals surface area contributed by atoms with Gasteiger partial charge in [0.1, 0.15) is 5.76 Å². The number of ether oxygens (including phenoxy) is 1. The van der Waals surface area contributed by atoms with Crippen LogP contribution in [0.15, 0.2) is 21.6 Å². The van der Waals surface area contributed by atoms with Gasteiger partial charge in [-0.3, -0.25) is 0 Å². The normalized spacial score (nSPS) is 20.4. The molecule has 0 aromatic carbocycles. The van der Waals surface area contributed by atoms with E-state index < -0.39 is 10.0 Å². The second-order valence-electron chi connectivity index (χ2n) is 5.22. The zero-order valence-electron chi connectivity index (χ0n) is 12.0. The zero-order chi connectivity index (χ0) is 14.6. The van der Waals surface area contributed by atoms with E-state index in [4.69, 9.17) is 9.15 Å². The Kier molecular flexibility index (Phi) is 5.20. The fraction of sp³-hybridized carbons (Fsp3) is 0.692. The highest BCUT2D eigenvalue weighted by atomic mass is 32.2. The van der Waals surface area contributed by atoms with E-state index in [0.29, 0.717) is 18.2 Å². The van der Waals surface area contributed by atoms with Crippen molar-refractivity contribution in [3.8, 4) is 0 Å². The molecule has 0 aliphatic carbocycles. The van der Waals surface area contributed by atoms with E-state index in [1.807, 2.05) is 0 Å². The van der Waals surface area contributed by atoms with Crippen molar-refractivity contribution in [3.63, 3.8) is 0 Å². The lowest BCUT2D eigenvalue weighted by atomic mass is 10.0. The van der Waals surface area contributed by atoms with Crippen molar-refractivity contribution < 1.29 is 17.6 Å². The molecule has 6 nitrogen and oxygen atoms in total. The maximum atomic E-state index is 11.9. The number of hydrogen-bond donors (Lipinski definition) is 1. The monoisotopic (exact) mass is 302 g/mol. The van der Waals surface area contributed by atoms with Crippen LogP contribution in [0.25, 0.3) is 0 Å². The lowest BCUT2D eigenvalue weighted by molar-refractivity contribution is 0.0545. The summed E-state index contributed by atoms with van der Waals surface area (Å²) in [6.45, 7) is 3.04. The Morgan fingerprint density at radius 3 is 2.85 bits per heavy atom. The summed E-state index contributed by atoms with van der Waals surface area (Å²) in [6.07, 6.45) is 2.28. The van der Waals surface area contributed by atoms with Crippen molar-refractivity contribution in [2.45, 2.75) is 24.5 Å². The molecule has 1 saturated heterocycles. The van der Waals surface area contributed by atoms with Gasteiger partial charge in [0.05, 0.1) is 13.2 Å². The summed E-state index contributed by atoms with van der Waals surface area (Å²) in [5.41, 5.74) is 0. The zero-order valence-corrected chi connectivity index (χ0v) is 12.8. The molecule has 1 aromatic heterocycles. The van der Waals surface area contributed by atoms with E-state index in [-0.39, 0.29) is 5.09 Å². The van der Waals surface area contributed by atoms with Crippen LogP contribution in [0.1, 0.15) is 18.6 Å². The topological polar surface area (TPSA) is 71.8 Å². The predicted octanol–water partition coefficient (Wildman–Crippen LogP) is 1.05. The van der Waals surface area contributed by atoms with Crippen LogP contribution >= 0.6 is 0 Å². The molecule has 0 saturated carbocycles. The van der Waals surface area contributed by atoms with Crippen LogP contribution in [0.2, 0.25) is 0 Å². The Hall–Kier alpha value is -0.890. The number of sulfonamides is 1. The fourth-order valence-corrected chi connectivity index (χ4v) is 2.95. The van der Waals surface area contributed by atoms with Gasteiger partial charge in [-0.05, 0) is 30.9 Å². The minimum absolute atomic E-state index is 0.0136. The standard InChI is InChI=1S/C13H22N2O4S/c1-15(2)20(16,17)13-6-5-12(19-13)9-14-8-11-4-3-7-18-10-11/h5-6,11,14H,3-4,7-10H2,1-2H3. The van der Waals surface area contributed by atoms with Crippen molar-refractivity contribution in [2.75, 3.05) is 33.9 Å². The average Bonchev–Trinajstić information content (AvgIpc) is 2.89. The lowest BCUT2D eigenvalue weighted by Crippen LogP contribution is -2.28. The average molecular weight is 302 g/mol. The second kappa shape index (κ2) is 6.71. The molecule has 0 bridgehead atoms. The van der Waals surface area contributed by atoms with E-state index in [9.17, 15) is 8.42 Å². The van der Waals surface area contributed by atoms with Gasteiger partial charge >= 0.3 is 0 Å². The van der Waals surface area contributed by atoms with Crippen molar-refractivity contribution in [2.24, 2.45) is 5.92 Å². The van der Waals surface area contributed by atoms with Gasteiger partial charge in [0.15, 0.2) is 0 Å². The summed E-state index contributed by atoms with van der Waals surface area (Å²) in [5, 5.41) is 3.27. The van der Waals surface area contributed by atoms with Gasteiger partial charge in [0.2, 0.25) is 5.09 Å². The van der Waals surface area contributed by atoms with E-state index >= 15 is 0 Å².